The van der Waals surface area contributed by atoms with Crippen LogP contribution in [-0.2, 0) is 29.5 Å². The average Bonchev–Trinajstić information content (AvgIpc) is 2.11. The molecule has 0 N–H and O–H groups in total. The van der Waals surface area contributed by atoms with E-state index >= 15 is 0 Å². The van der Waals surface area contributed by atoms with E-state index in [1.165, 1.54) is 0 Å². The van der Waals surface area contributed by atoms with E-state index in [-0.39, 0.29) is 36.9 Å². The molecule has 0 aromatic rings. The highest BCUT2D eigenvalue weighted by molar-refractivity contribution is 7.91. The molecule has 0 unspecified atom stereocenters. The Morgan fingerprint density at radius 1 is 0.579 bits per heavy atom. The Hall–Kier alpha value is -0.190. The highest BCUT2D eigenvalue weighted by atomic mass is 32.2. The molecule has 0 amide bonds. The molecule has 0 atom stereocenters. The zero-order chi connectivity index (χ0) is 15.3. The highest BCUT2D eigenvalue weighted by Crippen LogP contribution is 1.96. The monoisotopic (exact) mass is 335 g/mol. The molecule has 0 rings (SSSR count). The van der Waals surface area contributed by atoms with Crippen molar-refractivity contribution in [3.63, 3.8) is 0 Å². The maximum Gasteiger partial charge on any atom is 0.148 e. The molecule has 19 heavy (non-hydrogen) atoms. The lowest BCUT2D eigenvalue weighted by atomic mass is 10.5. The van der Waals surface area contributed by atoms with E-state index in [2.05, 4.69) is 0 Å². The van der Waals surface area contributed by atoms with Crippen LogP contribution in [0.2, 0.25) is 0 Å². The number of rotatable bonds is 9. The van der Waals surface area contributed by atoms with Crippen molar-refractivity contribution in [2.24, 2.45) is 0 Å². The van der Waals surface area contributed by atoms with Crippen molar-refractivity contribution in [1.82, 2.24) is 4.90 Å². The summed E-state index contributed by atoms with van der Waals surface area (Å²) in [5.41, 5.74) is 0. The fraction of sp³-hybridized carbons (Fsp3) is 1.00. The van der Waals surface area contributed by atoms with E-state index < -0.39 is 29.5 Å². The largest absolute Gasteiger partial charge is 0.300 e. The first-order valence-corrected chi connectivity index (χ1v) is 11.7. The highest BCUT2D eigenvalue weighted by Gasteiger charge is 2.14. The van der Waals surface area contributed by atoms with Crippen LogP contribution in [0.1, 0.15) is 0 Å². The van der Waals surface area contributed by atoms with Crippen molar-refractivity contribution in [3.8, 4) is 0 Å². The van der Waals surface area contributed by atoms with Crippen LogP contribution in [0.4, 0.5) is 0 Å². The Morgan fingerprint density at radius 3 is 0.947 bits per heavy atom. The minimum absolute atomic E-state index is 0.124. The van der Waals surface area contributed by atoms with Crippen LogP contribution in [0.5, 0.6) is 0 Å². The zero-order valence-corrected chi connectivity index (χ0v) is 13.8. The van der Waals surface area contributed by atoms with E-state index in [9.17, 15) is 25.3 Å². The van der Waals surface area contributed by atoms with Crippen LogP contribution >= 0.6 is 0 Å². The van der Waals surface area contributed by atoms with Gasteiger partial charge in [0.2, 0.25) is 0 Å². The number of hydrogen-bond donors (Lipinski definition) is 0. The van der Waals surface area contributed by atoms with Crippen molar-refractivity contribution in [1.29, 1.82) is 0 Å². The minimum Gasteiger partial charge on any atom is -0.300 e. The second kappa shape index (κ2) is 7.00. The summed E-state index contributed by atoms with van der Waals surface area (Å²) in [6.07, 6.45) is 3.24. The molecule has 0 aromatic heterocycles. The Morgan fingerprint density at radius 2 is 0.789 bits per heavy atom. The van der Waals surface area contributed by atoms with Crippen molar-refractivity contribution in [3.05, 3.63) is 0 Å². The van der Waals surface area contributed by atoms with Gasteiger partial charge in [0.05, 0.1) is 17.3 Å². The molecule has 0 aliphatic heterocycles. The molecule has 0 aromatic carbocycles. The van der Waals surface area contributed by atoms with E-state index in [1.807, 2.05) is 0 Å². The van der Waals surface area contributed by atoms with Crippen LogP contribution in [0.15, 0.2) is 0 Å². The van der Waals surface area contributed by atoms with E-state index in [1.54, 1.807) is 4.90 Å². The molecule has 0 bridgehead atoms. The molecule has 0 aliphatic rings. The lowest BCUT2D eigenvalue weighted by molar-refractivity contribution is 0.323. The van der Waals surface area contributed by atoms with E-state index in [0.717, 1.165) is 18.8 Å². The first kappa shape index (κ1) is 18.8. The standard InChI is InChI=1S/C9H21NO6S3/c1-17(11,12)7-4-10(5-8-18(2,13)14)6-9-19(3,15)16/h4-9H2,1-3H3. The minimum atomic E-state index is -3.17. The number of nitrogens with zero attached hydrogens (tertiary/aromatic N) is 1. The normalized spacial score (nSPS) is 13.9. The smallest absolute Gasteiger partial charge is 0.148 e. The Balaban J connectivity index is 4.55. The second-order valence-corrected chi connectivity index (χ2v) is 11.5. The van der Waals surface area contributed by atoms with Crippen molar-refractivity contribution in [2.75, 3.05) is 55.7 Å². The zero-order valence-electron chi connectivity index (χ0n) is 11.4. The lowest BCUT2D eigenvalue weighted by Gasteiger charge is -2.20. The van der Waals surface area contributed by atoms with E-state index in [4.69, 9.17) is 0 Å². The van der Waals surface area contributed by atoms with Gasteiger partial charge in [0.25, 0.3) is 0 Å². The van der Waals surface area contributed by atoms with Crippen LogP contribution in [0, 0.1) is 0 Å². The van der Waals surface area contributed by atoms with Crippen molar-refractivity contribution >= 4 is 29.5 Å². The second-order valence-electron chi connectivity index (χ2n) is 4.73. The summed E-state index contributed by atoms with van der Waals surface area (Å²) in [7, 11) is -9.50. The molecule has 0 fully saturated rings. The van der Waals surface area contributed by atoms with Crippen molar-refractivity contribution in [2.45, 2.75) is 0 Å². The predicted octanol–water partition coefficient (Wildman–Crippen LogP) is -1.58. The third-order valence-corrected chi connectivity index (χ3v) is 5.11. The van der Waals surface area contributed by atoms with E-state index in [0.29, 0.717) is 0 Å². The van der Waals surface area contributed by atoms with Gasteiger partial charge in [-0.05, 0) is 0 Å². The molecule has 0 spiro atoms. The maximum absolute atomic E-state index is 11.1. The van der Waals surface area contributed by atoms with Crippen molar-refractivity contribution < 1.29 is 25.3 Å². The van der Waals surface area contributed by atoms with Gasteiger partial charge in [0, 0.05) is 38.4 Å². The molecule has 0 radical (unpaired) electrons. The van der Waals surface area contributed by atoms with Gasteiger partial charge in [-0.25, -0.2) is 25.3 Å². The molecular formula is C9H21NO6S3. The van der Waals surface area contributed by atoms with Crippen LogP contribution in [-0.4, -0.2) is 85.8 Å². The molecule has 0 saturated carbocycles. The molecule has 7 nitrogen and oxygen atoms in total. The van der Waals surface area contributed by atoms with Gasteiger partial charge in [0.1, 0.15) is 29.5 Å². The predicted molar refractivity (Wildman–Crippen MR) is 75.6 cm³/mol. The summed E-state index contributed by atoms with van der Waals surface area (Å²) < 4.78 is 66.4. The quantitative estimate of drug-likeness (QED) is 0.501. The topological polar surface area (TPSA) is 106 Å². The SMILES string of the molecule is CS(=O)(=O)CCN(CCS(C)(=O)=O)CCS(C)(=O)=O. The Labute approximate surface area is 115 Å². The van der Waals surface area contributed by atoms with Gasteiger partial charge < -0.3 is 4.90 Å². The van der Waals surface area contributed by atoms with Crippen LogP contribution in [0.25, 0.3) is 0 Å². The van der Waals surface area contributed by atoms with Gasteiger partial charge in [0.15, 0.2) is 0 Å². The third kappa shape index (κ3) is 14.0. The van der Waals surface area contributed by atoms with Crippen LogP contribution in [0.3, 0.4) is 0 Å². The average molecular weight is 335 g/mol. The first-order chi connectivity index (χ1) is 8.29. The molecule has 10 heteroatoms. The summed E-state index contributed by atoms with van der Waals surface area (Å²) >= 11 is 0. The molecule has 0 saturated heterocycles. The summed E-state index contributed by atoms with van der Waals surface area (Å²) in [5, 5.41) is 0. The van der Waals surface area contributed by atoms with Gasteiger partial charge >= 0.3 is 0 Å². The van der Waals surface area contributed by atoms with Gasteiger partial charge in [-0.2, -0.15) is 0 Å². The molecule has 0 heterocycles. The van der Waals surface area contributed by atoms with Gasteiger partial charge in [-0.1, -0.05) is 0 Å². The first-order valence-electron chi connectivity index (χ1n) is 5.54. The fourth-order valence-electron chi connectivity index (χ4n) is 1.22. The molecule has 0 aliphatic carbocycles. The lowest BCUT2D eigenvalue weighted by Crippen LogP contribution is -2.36. The summed E-state index contributed by atoms with van der Waals surface area (Å²) in [6, 6.07) is 0. The maximum atomic E-state index is 11.1. The number of hydrogen-bond acceptors (Lipinski definition) is 7. The summed E-state index contributed by atoms with van der Waals surface area (Å²) in [5.74, 6) is -0.373. The van der Waals surface area contributed by atoms with Gasteiger partial charge in [-0.15, -0.1) is 0 Å². The summed E-state index contributed by atoms with van der Waals surface area (Å²) in [6.45, 7) is 0.387. The molecular weight excluding hydrogens is 314 g/mol. The number of sulfone groups is 3. The molecule has 116 valence electrons. The van der Waals surface area contributed by atoms with Crippen LogP contribution < -0.4 is 0 Å². The summed E-state index contributed by atoms with van der Waals surface area (Å²) in [4.78, 5) is 1.54. The Bertz CT molecular complexity index is 490. The Kier molecular flexibility index (Phi) is 6.93. The van der Waals surface area contributed by atoms with Gasteiger partial charge in [-0.3, -0.25) is 0 Å². The third-order valence-electron chi connectivity index (χ3n) is 2.33. The fourth-order valence-corrected chi connectivity index (χ4v) is 2.99.